The fraction of sp³-hybridized carbons (Fsp3) is 0.457. The van der Waals surface area contributed by atoms with Gasteiger partial charge in [-0.05, 0) is 233 Å². The van der Waals surface area contributed by atoms with E-state index in [1.807, 2.05) is 69.6 Å². The number of piperidine rings is 2. The summed E-state index contributed by atoms with van der Waals surface area (Å²) in [5.74, 6) is 3.03. The van der Waals surface area contributed by atoms with Gasteiger partial charge in [0.15, 0.2) is 0 Å². The highest BCUT2D eigenvalue weighted by Crippen LogP contribution is 2.43. The van der Waals surface area contributed by atoms with Gasteiger partial charge in [-0.2, -0.15) is 28.6 Å². The van der Waals surface area contributed by atoms with E-state index >= 15 is 0 Å². The van der Waals surface area contributed by atoms with Gasteiger partial charge in [0.05, 0.1) is 74.6 Å². The normalized spacial score (nSPS) is 15.6. The first kappa shape index (κ1) is 89.4. The Bertz CT molecular complexity index is 4830. The second-order valence-corrected chi connectivity index (χ2v) is 39.6. The topological polar surface area (TPSA) is 296 Å². The summed E-state index contributed by atoms with van der Waals surface area (Å²) in [6.45, 7) is 33.4. The number of aliphatic hydroxyl groups excluding tert-OH is 1. The predicted molar refractivity (Wildman–Crippen MR) is 470 cm³/mol. The van der Waals surface area contributed by atoms with Crippen molar-refractivity contribution in [3.63, 3.8) is 0 Å². The maximum absolute atomic E-state index is 13.4. The number of anilines is 9. The summed E-state index contributed by atoms with van der Waals surface area (Å²) in [5.41, 5.74) is 18.9. The van der Waals surface area contributed by atoms with Gasteiger partial charge in [-0.3, -0.25) is 14.4 Å². The molecule has 4 saturated heterocycles. The summed E-state index contributed by atoms with van der Waals surface area (Å²) in [6.07, 6.45) is 19.5. The largest absolute Gasteiger partial charge is 0.495 e. The van der Waals surface area contributed by atoms with Crippen LogP contribution in [-0.2, 0) is 32.1 Å². The van der Waals surface area contributed by atoms with Crippen LogP contribution in [0.1, 0.15) is 87.1 Å². The van der Waals surface area contributed by atoms with Gasteiger partial charge in [-0.15, -0.1) is 0 Å². The van der Waals surface area contributed by atoms with Crippen molar-refractivity contribution in [1.82, 2.24) is 59.1 Å². The van der Waals surface area contributed by atoms with E-state index in [2.05, 4.69) is 161 Å². The van der Waals surface area contributed by atoms with Gasteiger partial charge in [0, 0.05) is 156 Å². The van der Waals surface area contributed by atoms with Crippen LogP contribution in [0.2, 0.25) is 5.28 Å². The minimum Gasteiger partial charge on any atom is -0.495 e. The molecule has 4 aliphatic heterocycles. The first-order valence-electron chi connectivity index (χ1n) is 38.4. The molecule has 8 heterocycles. The third kappa shape index (κ3) is 25.3. The van der Waals surface area contributed by atoms with E-state index in [1.165, 1.54) is 99.6 Å². The number of nitrogens with one attached hydrogen (secondary N) is 3. The minimum atomic E-state index is -4.02. The molecule has 0 radical (unpaired) electrons. The number of aryl methyl sites for hydroxylation is 5. The summed E-state index contributed by atoms with van der Waals surface area (Å²) in [6, 6.07) is 27.4. The highest BCUT2D eigenvalue weighted by Gasteiger charge is 2.31. The van der Waals surface area contributed by atoms with E-state index < -0.39 is 24.4 Å². The van der Waals surface area contributed by atoms with Crippen LogP contribution >= 0.6 is 57.7 Å². The van der Waals surface area contributed by atoms with Crippen molar-refractivity contribution < 1.29 is 36.7 Å². The molecule has 0 spiro atoms. The first-order chi connectivity index (χ1) is 53.8. The second kappa shape index (κ2) is 41.4. The SMILES string of the molecule is CCCCO.CCc1cc(N)c(OC)cc1N1CCC(N2CCN(C)CC2)CC1.CCc1cc(Nc2ncc(Br)c(Nc3ccc(-n4cc(C)cn4)cc3P(C)(C)=O)n2)c(OC)cc1N1CCC(N2CCN(C)CC2)CC1.Cc1ccc(S(=O)(=O)O)cc1.Cc1cnn(-c2ccc(Nc3nc(Cl)ncc3Br)c(P(C)(C)=O)c2)c1. The van der Waals surface area contributed by atoms with Crippen LogP contribution in [0.25, 0.3) is 11.4 Å². The van der Waals surface area contributed by atoms with Gasteiger partial charge in [0.1, 0.15) is 37.4 Å². The van der Waals surface area contributed by atoms with Gasteiger partial charge in [-0.25, -0.2) is 19.3 Å². The van der Waals surface area contributed by atoms with Crippen LogP contribution in [-0.4, -0.2) is 229 Å². The number of hydrogen-bond acceptors (Lipinski definition) is 23. The number of aromatic nitrogens is 8. The number of nitrogen functional groups attached to an aromatic ring is 1. The van der Waals surface area contributed by atoms with E-state index in [9.17, 15) is 17.5 Å². The Morgan fingerprint density at radius 1 is 0.566 bits per heavy atom. The second-order valence-electron chi connectivity index (χ2n) is 29.7. The van der Waals surface area contributed by atoms with Crippen molar-refractivity contribution in [3.8, 4) is 22.9 Å². The van der Waals surface area contributed by atoms with Crippen LogP contribution in [0.3, 0.4) is 0 Å². The standard InChI is InChI=1S/C35H47BrN9O2P.C19H32N4O.C16H16BrClN5OP.C7H8O3S.C4H10O/c1-7-25-18-30(32(47-4)20-31(25)44-12-10-26(11-13-44)43-16-14-42(3)15-17-43)40-35-37-22-28(36)34(41-35)39-29-9-8-27(19-33(29)48(5,6)46)45-23-24(2)21-38-45;1-4-15-13-17(20)19(24-3)14-18(15)23-7-5-16(6-8-23)22-11-9-21(2)10-12-22;1-10-7-20-23(9-10)11-4-5-13(14(6-11)25(2,3)24)21-15-12(17)8-19-16(18)22-15;1-6-2-4-7(5-3-6)11(8,9)10;1-2-3-4-5/h8-9,18-23,26H,7,10-17H2,1-6H3,(H2,37,39,40,41);13-14,16H,4-12,20H2,1-3H3;4-9H,1-3H3,(H,19,21,22);2-5H,1H3,(H,8,9,10);5H,2-4H2,1H3. The Kier molecular flexibility index (Phi) is 32.7. The lowest BCUT2D eigenvalue weighted by molar-refractivity contribution is 0.0982. The van der Waals surface area contributed by atoms with Crippen LogP contribution < -0.4 is 51.6 Å². The molecule has 0 atom stereocenters. The molecule has 4 aliphatic rings. The number of hydrogen-bond donors (Lipinski definition) is 6. The Labute approximate surface area is 689 Å². The summed E-state index contributed by atoms with van der Waals surface area (Å²) in [5, 5.41) is 28.4. The van der Waals surface area contributed by atoms with Crippen molar-refractivity contribution in [2.24, 2.45) is 0 Å². The molecule has 5 aromatic carbocycles. The van der Waals surface area contributed by atoms with Crippen molar-refractivity contribution in [2.45, 2.75) is 110 Å². The highest BCUT2D eigenvalue weighted by molar-refractivity contribution is 9.11. The van der Waals surface area contributed by atoms with Crippen LogP contribution in [0.15, 0.2) is 136 Å². The maximum atomic E-state index is 13.4. The van der Waals surface area contributed by atoms with Gasteiger partial charge >= 0.3 is 0 Å². The number of benzene rings is 5. The zero-order valence-electron chi connectivity index (χ0n) is 67.7. The van der Waals surface area contributed by atoms with Crippen LogP contribution in [0.5, 0.6) is 11.5 Å². The molecule has 0 unspecified atom stereocenters. The molecule has 4 fully saturated rings. The number of halogens is 3. The Balaban J connectivity index is 0.000000189. The van der Waals surface area contributed by atoms with E-state index in [-0.39, 0.29) is 10.2 Å². The quantitative estimate of drug-likeness (QED) is 0.0169. The van der Waals surface area contributed by atoms with E-state index in [0.717, 1.165) is 122 Å². The third-order valence-electron chi connectivity index (χ3n) is 20.4. The minimum absolute atomic E-state index is 0.0666. The number of rotatable bonds is 21. The summed E-state index contributed by atoms with van der Waals surface area (Å²) in [7, 11) is -1.41. The maximum Gasteiger partial charge on any atom is 0.294 e. The molecule has 612 valence electrons. The highest BCUT2D eigenvalue weighted by atomic mass is 79.9. The molecule has 7 N–H and O–H groups in total. The molecule has 0 saturated carbocycles. The summed E-state index contributed by atoms with van der Waals surface area (Å²) in [4.78, 5) is 32.7. The molecule has 13 rings (SSSR count). The molecule has 32 heteroatoms. The number of aliphatic hydroxyl groups is 1. The van der Waals surface area contributed by atoms with E-state index in [0.29, 0.717) is 61.2 Å². The van der Waals surface area contributed by atoms with Crippen molar-refractivity contribution in [2.75, 3.05) is 172 Å². The van der Waals surface area contributed by atoms with Gasteiger partial charge in [-0.1, -0.05) is 44.9 Å². The molecule has 0 bridgehead atoms. The van der Waals surface area contributed by atoms with Crippen LogP contribution in [0, 0.1) is 20.8 Å². The summed E-state index contributed by atoms with van der Waals surface area (Å²) >= 11 is 12.9. The molecule has 9 aromatic rings. The molecule has 26 nitrogen and oxygen atoms in total. The van der Waals surface area contributed by atoms with Gasteiger partial charge in [0.2, 0.25) is 11.2 Å². The Morgan fingerprint density at radius 3 is 1.41 bits per heavy atom. The predicted octanol–water partition coefficient (Wildman–Crippen LogP) is 14.7. The number of unbranched alkanes of at least 4 members (excludes halogenated alkanes) is 1. The molecule has 0 amide bonds. The fourth-order valence-corrected chi connectivity index (χ4v) is 17.4. The van der Waals surface area contributed by atoms with E-state index in [4.69, 9.17) is 41.5 Å². The number of nitrogens with zero attached hydrogens (tertiary/aromatic N) is 14. The molecular weight excluding hydrogens is 1640 g/mol. The number of likely N-dealkylation sites (N-methyl/N-ethyl adjacent to an activating group) is 2. The van der Waals surface area contributed by atoms with Crippen molar-refractivity contribution in [3.05, 3.63) is 164 Å². The third-order valence-corrected chi connectivity index (χ3v) is 25.7. The van der Waals surface area contributed by atoms with Crippen molar-refractivity contribution >= 4 is 130 Å². The molecule has 4 aromatic heterocycles. The summed E-state index contributed by atoms with van der Waals surface area (Å²) < 4.78 is 72.1. The molecular formula is C81H113Br2ClN18O8P2S. The smallest absolute Gasteiger partial charge is 0.294 e. The monoisotopic (exact) mass is 1750 g/mol. The lowest BCUT2D eigenvalue weighted by Crippen LogP contribution is -2.52. The lowest BCUT2D eigenvalue weighted by Gasteiger charge is -2.43. The number of nitrogens with two attached hydrogens (primary N) is 1. The first-order valence-corrected chi connectivity index (χ1v) is 47.0. The average Bonchev–Trinajstić information content (AvgIpc) is 1.77. The van der Waals surface area contributed by atoms with Gasteiger partial charge in [0.25, 0.3) is 10.1 Å². The fourth-order valence-electron chi connectivity index (χ4n) is 13.9. The molecule has 113 heavy (non-hydrogen) atoms. The van der Waals surface area contributed by atoms with Gasteiger partial charge < -0.3 is 65.0 Å². The number of piperazine rings is 2. The van der Waals surface area contributed by atoms with Crippen LogP contribution in [0.4, 0.5) is 51.7 Å². The average molecular weight is 1760 g/mol. The zero-order chi connectivity index (χ0) is 81.9. The Hall–Kier alpha value is -7.50. The number of ether oxygens (including phenoxy) is 2. The molecule has 0 aliphatic carbocycles. The Morgan fingerprint density at radius 2 is 1.01 bits per heavy atom. The van der Waals surface area contributed by atoms with Crippen molar-refractivity contribution in [1.29, 1.82) is 0 Å². The number of methoxy groups -OCH3 is 2. The zero-order valence-corrected chi connectivity index (χ0v) is 74.2. The lowest BCUT2D eigenvalue weighted by atomic mass is 9.99. The van der Waals surface area contributed by atoms with E-state index in [1.54, 1.807) is 87.2 Å².